The summed E-state index contributed by atoms with van der Waals surface area (Å²) in [6.07, 6.45) is 0. The normalized spacial score (nSPS) is 24.8. The number of amides is 1. The first-order chi connectivity index (χ1) is 10.00. The highest BCUT2D eigenvalue weighted by atomic mass is 79.9. The van der Waals surface area contributed by atoms with E-state index in [1.807, 2.05) is 61.5 Å². The van der Waals surface area contributed by atoms with E-state index in [1.54, 1.807) is 4.90 Å². The predicted molar refractivity (Wildman–Crippen MR) is 83.7 cm³/mol. The van der Waals surface area contributed by atoms with Gasteiger partial charge in [-0.05, 0) is 34.0 Å². The molecule has 1 heterocycles. The first kappa shape index (κ1) is 14.3. The number of aryl methyl sites for hydroxylation is 1. The maximum atomic E-state index is 14.5. The third-order valence-electron chi connectivity index (χ3n) is 3.79. The monoisotopic (exact) mass is 347 g/mol. The number of alkyl halides is 2. The van der Waals surface area contributed by atoms with Gasteiger partial charge in [-0.15, -0.1) is 0 Å². The number of hydrogen-bond donors (Lipinski definition) is 0. The lowest BCUT2D eigenvalue weighted by atomic mass is 9.90. The van der Waals surface area contributed by atoms with Gasteiger partial charge in [0.25, 0.3) is 10.5 Å². The number of carbonyl (C=O) groups excluding carboxylic acids is 1. The Labute approximate surface area is 131 Å². The van der Waals surface area contributed by atoms with E-state index in [0.717, 1.165) is 16.7 Å². The zero-order valence-corrected chi connectivity index (χ0v) is 13.2. The van der Waals surface area contributed by atoms with Gasteiger partial charge in [0.1, 0.15) is 6.04 Å². The average molecular weight is 348 g/mol. The number of benzene rings is 2. The van der Waals surface area contributed by atoms with Crippen molar-refractivity contribution in [2.24, 2.45) is 0 Å². The van der Waals surface area contributed by atoms with Gasteiger partial charge in [-0.2, -0.15) is 0 Å². The van der Waals surface area contributed by atoms with E-state index in [9.17, 15) is 9.18 Å². The molecule has 0 aromatic heterocycles. The molecule has 0 aliphatic carbocycles. The van der Waals surface area contributed by atoms with E-state index in [-0.39, 0.29) is 0 Å². The Morgan fingerprint density at radius 1 is 1.14 bits per heavy atom. The molecule has 1 saturated heterocycles. The molecule has 0 N–H and O–H groups in total. The second-order valence-electron chi connectivity index (χ2n) is 5.35. The van der Waals surface area contributed by atoms with Gasteiger partial charge >= 0.3 is 0 Å². The van der Waals surface area contributed by atoms with E-state index in [1.165, 1.54) is 0 Å². The van der Waals surface area contributed by atoms with E-state index in [0.29, 0.717) is 6.54 Å². The number of rotatable bonds is 3. The topological polar surface area (TPSA) is 20.3 Å². The molecular formula is C17H15BrFNO. The molecule has 4 heteroatoms. The van der Waals surface area contributed by atoms with Crippen molar-refractivity contribution in [1.82, 2.24) is 4.90 Å². The molecule has 108 valence electrons. The summed E-state index contributed by atoms with van der Waals surface area (Å²) in [7, 11) is 0. The third kappa shape index (κ3) is 2.48. The number of carbonyl (C=O) groups is 1. The Balaban J connectivity index is 1.89. The Hall–Kier alpha value is -1.68. The van der Waals surface area contributed by atoms with E-state index in [2.05, 4.69) is 15.9 Å². The standard InChI is InChI=1S/C17H15BrFNO/c1-12-7-9-14(10-8-12)15-17(18,19)16(21)20(15)11-13-5-3-2-4-6-13/h2-10,15H,11H2,1H3/t15-,17-/m1/s1. The predicted octanol–water partition coefficient (Wildman–Crippen LogP) is 4.14. The molecule has 1 fully saturated rings. The Morgan fingerprint density at radius 3 is 2.38 bits per heavy atom. The minimum Gasteiger partial charge on any atom is -0.323 e. The molecule has 0 bridgehead atoms. The van der Waals surface area contributed by atoms with Crippen LogP contribution >= 0.6 is 15.9 Å². The summed E-state index contributed by atoms with van der Waals surface area (Å²) in [6.45, 7) is 2.39. The van der Waals surface area contributed by atoms with E-state index >= 15 is 0 Å². The summed E-state index contributed by atoms with van der Waals surface area (Å²) in [6, 6.07) is 16.6. The summed E-state index contributed by atoms with van der Waals surface area (Å²) < 4.78 is 12.5. The van der Waals surface area contributed by atoms with Gasteiger partial charge in [-0.3, -0.25) is 4.79 Å². The van der Waals surface area contributed by atoms with Crippen LogP contribution in [0.4, 0.5) is 4.39 Å². The van der Waals surface area contributed by atoms with Crippen molar-refractivity contribution in [3.63, 3.8) is 0 Å². The Morgan fingerprint density at radius 2 is 1.76 bits per heavy atom. The fraction of sp³-hybridized carbons (Fsp3) is 0.235. The minimum absolute atomic E-state index is 0.412. The van der Waals surface area contributed by atoms with Crippen LogP contribution in [0.5, 0.6) is 0 Å². The van der Waals surface area contributed by atoms with Crippen molar-refractivity contribution >= 4 is 21.8 Å². The molecule has 0 saturated carbocycles. The zero-order valence-electron chi connectivity index (χ0n) is 11.6. The molecule has 21 heavy (non-hydrogen) atoms. The van der Waals surface area contributed by atoms with E-state index in [4.69, 9.17) is 0 Å². The largest absolute Gasteiger partial charge is 0.323 e. The zero-order chi connectivity index (χ0) is 15.0. The number of nitrogens with zero attached hydrogens (tertiary/aromatic N) is 1. The van der Waals surface area contributed by atoms with Crippen LogP contribution in [0.3, 0.4) is 0 Å². The molecule has 1 aliphatic rings. The van der Waals surface area contributed by atoms with Gasteiger partial charge in [-0.1, -0.05) is 60.2 Å². The van der Waals surface area contributed by atoms with Gasteiger partial charge in [0, 0.05) is 6.54 Å². The van der Waals surface area contributed by atoms with E-state index < -0.39 is 16.5 Å². The maximum absolute atomic E-state index is 14.5. The molecule has 1 aliphatic heterocycles. The molecule has 2 nitrogen and oxygen atoms in total. The third-order valence-corrected chi connectivity index (χ3v) is 4.56. The maximum Gasteiger partial charge on any atom is 0.274 e. The lowest BCUT2D eigenvalue weighted by molar-refractivity contribution is -0.164. The van der Waals surface area contributed by atoms with Gasteiger partial charge < -0.3 is 4.90 Å². The lowest BCUT2D eigenvalue weighted by Gasteiger charge is -2.48. The van der Waals surface area contributed by atoms with Crippen LogP contribution in [-0.2, 0) is 11.3 Å². The first-order valence-corrected chi connectivity index (χ1v) is 7.59. The van der Waals surface area contributed by atoms with Crippen LogP contribution in [0.2, 0.25) is 0 Å². The highest BCUT2D eigenvalue weighted by Gasteiger charge is 2.60. The first-order valence-electron chi connectivity index (χ1n) is 6.79. The minimum atomic E-state index is -2.00. The summed E-state index contributed by atoms with van der Waals surface area (Å²) >= 11 is 2.95. The number of β-lactam (4-membered cyclic amide) rings is 1. The van der Waals surface area contributed by atoms with Crippen LogP contribution < -0.4 is 0 Å². The Bertz CT molecular complexity index is 654. The summed E-state index contributed by atoms with van der Waals surface area (Å²) in [4.78, 5) is 13.6. The van der Waals surface area contributed by atoms with Gasteiger partial charge in [-0.25, -0.2) is 4.39 Å². The van der Waals surface area contributed by atoms with Gasteiger partial charge in [0.2, 0.25) is 0 Å². The molecule has 0 spiro atoms. The van der Waals surface area contributed by atoms with Crippen LogP contribution in [0, 0.1) is 6.92 Å². The molecule has 3 rings (SSSR count). The van der Waals surface area contributed by atoms with Crippen LogP contribution in [0.15, 0.2) is 54.6 Å². The second kappa shape index (κ2) is 5.26. The molecule has 2 aromatic rings. The summed E-state index contributed by atoms with van der Waals surface area (Å²) in [5.74, 6) is -0.517. The van der Waals surface area contributed by atoms with Crippen molar-refractivity contribution in [3.8, 4) is 0 Å². The van der Waals surface area contributed by atoms with Crippen LogP contribution in [0.1, 0.15) is 22.7 Å². The van der Waals surface area contributed by atoms with Crippen molar-refractivity contribution in [3.05, 3.63) is 71.3 Å². The van der Waals surface area contributed by atoms with Crippen molar-refractivity contribution in [1.29, 1.82) is 0 Å². The molecule has 0 radical (unpaired) electrons. The molecule has 2 aromatic carbocycles. The van der Waals surface area contributed by atoms with Crippen LogP contribution in [-0.4, -0.2) is 15.4 Å². The highest BCUT2D eigenvalue weighted by molar-refractivity contribution is 9.10. The smallest absolute Gasteiger partial charge is 0.274 e. The number of likely N-dealkylation sites (tertiary alicyclic amines) is 1. The van der Waals surface area contributed by atoms with Crippen LogP contribution in [0.25, 0.3) is 0 Å². The average Bonchev–Trinajstić information content (AvgIpc) is 2.49. The summed E-state index contributed by atoms with van der Waals surface area (Å²) in [5, 5.41) is 0. The number of halogens is 2. The highest BCUT2D eigenvalue weighted by Crippen LogP contribution is 2.50. The molecular weight excluding hydrogens is 333 g/mol. The summed E-state index contributed by atoms with van der Waals surface area (Å²) in [5.41, 5.74) is 2.90. The molecule has 1 amide bonds. The fourth-order valence-corrected chi connectivity index (χ4v) is 3.38. The van der Waals surface area contributed by atoms with Gasteiger partial charge in [0.15, 0.2) is 0 Å². The number of hydrogen-bond acceptors (Lipinski definition) is 1. The quantitative estimate of drug-likeness (QED) is 0.603. The lowest BCUT2D eigenvalue weighted by Crippen LogP contribution is -2.62. The second-order valence-corrected chi connectivity index (χ2v) is 6.51. The molecule has 0 unspecified atom stereocenters. The van der Waals surface area contributed by atoms with Crippen molar-refractivity contribution < 1.29 is 9.18 Å². The van der Waals surface area contributed by atoms with Gasteiger partial charge in [0.05, 0.1) is 0 Å². The fourth-order valence-electron chi connectivity index (χ4n) is 2.64. The molecule has 2 atom stereocenters. The van der Waals surface area contributed by atoms with Crippen molar-refractivity contribution in [2.75, 3.05) is 0 Å². The van der Waals surface area contributed by atoms with Crippen molar-refractivity contribution in [2.45, 2.75) is 24.1 Å². The SMILES string of the molecule is Cc1ccc([C@H]2N(Cc3ccccc3)C(=O)[C@@]2(F)Br)cc1. The Kier molecular flexibility index (Phi) is 3.57.